The number of aromatic nitrogens is 1. The number of nitrogens with zero attached hydrogens (tertiary/aromatic N) is 3. The molecule has 3 rings (SSSR count). The van der Waals surface area contributed by atoms with E-state index >= 15 is 0 Å². The van der Waals surface area contributed by atoms with Crippen molar-refractivity contribution in [1.82, 2.24) is 9.88 Å². The van der Waals surface area contributed by atoms with Crippen LogP contribution in [-0.4, -0.2) is 47.8 Å². The number of thiazole rings is 1. The molecule has 0 bridgehead atoms. The predicted molar refractivity (Wildman–Crippen MR) is 101 cm³/mol. The summed E-state index contributed by atoms with van der Waals surface area (Å²) < 4.78 is 5.47. The van der Waals surface area contributed by atoms with Gasteiger partial charge in [0.1, 0.15) is 5.60 Å². The van der Waals surface area contributed by atoms with E-state index in [-0.39, 0.29) is 6.09 Å². The molecule has 1 fully saturated rings. The molecule has 1 saturated heterocycles. The molecule has 5 nitrogen and oxygen atoms in total. The van der Waals surface area contributed by atoms with Crippen molar-refractivity contribution in [2.75, 3.05) is 31.1 Å². The second-order valence-corrected chi connectivity index (χ2v) is 8.16. The number of rotatable bonds is 3. The number of ether oxygens (including phenoxy) is 1. The Balaban J connectivity index is 1.64. The highest BCUT2D eigenvalue weighted by Gasteiger charge is 2.26. The van der Waals surface area contributed by atoms with Crippen LogP contribution in [0.15, 0.2) is 35.8 Å². The molecule has 25 heavy (non-hydrogen) atoms. The molecule has 0 unspecified atom stereocenters. The molecule has 1 amide bonds. The first kappa shape index (κ1) is 17.7. The molecule has 0 spiro atoms. The van der Waals surface area contributed by atoms with Crippen LogP contribution in [0.2, 0.25) is 0 Å². The molecule has 0 saturated carbocycles. The van der Waals surface area contributed by atoms with Gasteiger partial charge in [0.05, 0.1) is 5.01 Å². The Morgan fingerprint density at radius 2 is 1.92 bits per heavy atom. The van der Waals surface area contributed by atoms with Crippen molar-refractivity contribution in [3.05, 3.63) is 46.4 Å². The van der Waals surface area contributed by atoms with Crippen molar-refractivity contribution in [3.8, 4) is 0 Å². The molecule has 1 aliphatic heterocycles. The van der Waals surface area contributed by atoms with Gasteiger partial charge in [-0.05, 0) is 32.4 Å². The summed E-state index contributed by atoms with van der Waals surface area (Å²) >= 11 is 1.68. The highest BCUT2D eigenvalue weighted by molar-refractivity contribution is 7.09. The number of piperazine rings is 1. The van der Waals surface area contributed by atoms with Crippen molar-refractivity contribution < 1.29 is 9.53 Å². The van der Waals surface area contributed by atoms with Crippen molar-refractivity contribution in [3.63, 3.8) is 0 Å². The minimum Gasteiger partial charge on any atom is -0.444 e. The molecule has 0 N–H and O–H groups in total. The highest BCUT2D eigenvalue weighted by Crippen LogP contribution is 2.25. The van der Waals surface area contributed by atoms with Crippen LogP contribution in [0.5, 0.6) is 0 Å². The number of hydrogen-bond donors (Lipinski definition) is 0. The smallest absolute Gasteiger partial charge is 0.410 e. The van der Waals surface area contributed by atoms with Gasteiger partial charge in [0.25, 0.3) is 0 Å². The third-order valence-electron chi connectivity index (χ3n) is 4.09. The Kier molecular flexibility index (Phi) is 5.27. The number of benzene rings is 1. The van der Waals surface area contributed by atoms with E-state index < -0.39 is 5.60 Å². The maximum absolute atomic E-state index is 12.2. The average Bonchev–Trinajstić information content (AvgIpc) is 3.07. The van der Waals surface area contributed by atoms with Crippen LogP contribution in [0.25, 0.3) is 0 Å². The maximum atomic E-state index is 12.2. The van der Waals surface area contributed by atoms with Gasteiger partial charge in [-0.15, -0.1) is 11.3 Å². The largest absolute Gasteiger partial charge is 0.444 e. The highest BCUT2D eigenvalue weighted by atomic mass is 32.1. The third kappa shape index (κ3) is 4.72. The van der Waals surface area contributed by atoms with Crippen LogP contribution in [0.1, 0.15) is 31.3 Å². The van der Waals surface area contributed by atoms with Crippen LogP contribution >= 0.6 is 11.3 Å². The fourth-order valence-corrected chi connectivity index (χ4v) is 3.57. The zero-order valence-corrected chi connectivity index (χ0v) is 15.9. The van der Waals surface area contributed by atoms with E-state index in [4.69, 9.17) is 4.74 Å². The van der Waals surface area contributed by atoms with E-state index in [9.17, 15) is 4.79 Å². The number of amides is 1. The van der Waals surface area contributed by atoms with Crippen LogP contribution < -0.4 is 4.90 Å². The Morgan fingerprint density at radius 3 is 2.56 bits per heavy atom. The van der Waals surface area contributed by atoms with Crippen LogP contribution in [0, 0.1) is 0 Å². The van der Waals surface area contributed by atoms with Crippen molar-refractivity contribution in [2.24, 2.45) is 0 Å². The van der Waals surface area contributed by atoms with Gasteiger partial charge in [-0.2, -0.15) is 0 Å². The summed E-state index contributed by atoms with van der Waals surface area (Å²) in [6.07, 6.45) is 2.48. The van der Waals surface area contributed by atoms with Gasteiger partial charge >= 0.3 is 6.09 Å². The Labute approximate surface area is 153 Å². The summed E-state index contributed by atoms with van der Waals surface area (Å²) in [6.45, 7) is 8.69. The molecule has 0 atom stereocenters. The molecule has 0 radical (unpaired) electrons. The normalized spacial score (nSPS) is 15.3. The third-order valence-corrected chi connectivity index (χ3v) is 4.87. The van der Waals surface area contributed by atoms with Crippen LogP contribution in [0.4, 0.5) is 10.5 Å². The molecule has 6 heteroatoms. The first-order valence-corrected chi connectivity index (χ1v) is 9.49. The van der Waals surface area contributed by atoms with E-state index in [1.54, 1.807) is 16.2 Å². The van der Waals surface area contributed by atoms with Gasteiger partial charge in [-0.25, -0.2) is 9.78 Å². The maximum Gasteiger partial charge on any atom is 0.410 e. The molecule has 2 heterocycles. The summed E-state index contributed by atoms with van der Waals surface area (Å²) in [5.41, 5.74) is 2.07. The molecule has 1 aliphatic rings. The minimum atomic E-state index is -0.450. The van der Waals surface area contributed by atoms with E-state index in [0.29, 0.717) is 13.1 Å². The van der Waals surface area contributed by atoms with Crippen LogP contribution in [-0.2, 0) is 11.2 Å². The molecular formula is C19H25N3O2S. The summed E-state index contributed by atoms with van der Waals surface area (Å²) in [7, 11) is 0. The Morgan fingerprint density at radius 1 is 1.20 bits per heavy atom. The molecule has 0 aliphatic carbocycles. The number of hydrogen-bond acceptors (Lipinski definition) is 5. The van der Waals surface area contributed by atoms with Gasteiger partial charge in [-0.3, -0.25) is 0 Å². The van der Waals surface area contributed by atoms with Gasteiger partial charge in [-0.1, -0.05) is 18.2 Å². The fraction of sp³-hybridized carbons (Fsp3) is 0.474. The predicted octanol–water partition coefficient (Wildman–Crippen LogP) is 3.79. The monoisotopic (exact) mass is 359 g/mol. The second kappa shape index (κ2) is 7.44. The lowest BCUT2D eigenvalue weighted by atomic mass is 10.1. The lowest BCUT2D eigenvalue weighted by Crippen LogP contribution is -2.50. The van der Waals surface area contributed by atoms with Gasteiger partial charge < -0.3 is 14.5 Å². The van der Waals surface area contributed by atoms with Crippen molar-refractivity contribution in [1.29, 1.82) is 0 Å². The van der Waals surface area contributed by atoms with E-state index in [0.717, 1.165) is 24.5 Å². The fourth-order valence-electron chi connectivity index (χ4n) is 2.93. The number of carbonyl (C=O) groups excluding carboxylic acids is 1. The lowest BCUT2D eigenvalue weighted by Gasteiger charge is -2.37. The molecular weight excluding hydrogens is 334 g/mol. The lowest BCUT2D eigenvalue weighted by molar-refractivity contribution is 0.0240. The van der Waals surface area contributed by atoms with Gasteiger partial charge in [0, 0.05) is 49.9 Å². The van der Waals surface area contributed by atoms with Crippen molar-refractivity contribution in [2.45, 2.75) is 32.8 Å². The van der Waals surface area contributed by atoms with E-state index in [1.165, 1.54) is 11.3 Å². The minimum absolute atomic E-state index is 0.219. The molecule has 1 aromatic heterocycles. The van der Waals surface area contributed by atoms with Gasteiger partial charge in [0.2, 0.25) is 0 Å². The standard InChI is InChI=1S/C19H25N3O2S/c1-19(2,3)24-18(23)22-11-9-21(10-12-22)16-7-5-4-6-15(16)14-17-20-8-13-25-17/h4-8,13H,9-12,14H2,1-3H3. The van der Waals surface area contributed by atoms with Crippen LogP contribution in [0.3, 0.4) is 0 Å². The summed E-state index contributed by atoms with van der Waals surface area (Å²) in [5.74, 6) is 0. The Bertz CT molecular complexity index is 702. The molecule has 2 aromatic rings. The zero-order valence-electron chi connectivity index (χ0n) is 15.1. The SMILES string of the molecule is CC(C)(C)OC(=O)N1CCN(c2ccccc2Cc2nccs2)CC1. The summed E-state index contributed by atoms with van der Waals surface area (Å²) in [4.78, 5) is 20.8. The second-order valence-electron chi connectivity index (χ2n) is 7.19. The summed E-state index contributed by atoms with van der Waals surface area (Å²) in [5, 5.41) is 3.14. The Hall–Kier alpha value is -2.08. The van der Waals surface area contributed by atoms with E-state index in [2.05, 4.69) is 34.1 Å². The molecule has 134 valence electrons. The number of para-hydroxylation sites is 1. The summed E-state index contributed by atoms with van der Waals surface area (Å²) in [6, 6.07) is 8.47. The molecule has 1 aromatic carbocycles. The quantitative estimate of drug-likeness (QED) is 0.836. The number of anilines is 1. The first-order chi connectivity index (χ1) is 11.9. The van der Waals surface area contributed by atoms with Crippen molar-refractivity contribution >= 4 is 23.1 Å². The number of carbonyl (C=O) groups is 1. The van der Waals surface area contributed by atoms with Gasteiger partial charge in [0.15, 0.2) is 0 Å². The zero-order chi connectivity index (χ0) is 17.9. The topological polar surface area (TPSA) is 45.7 Å². The average molecular weight is 359 g/mol. The van der Waals surface area contributed by atoms with E-state index in [1.807, 2.05) is 32.3 Å². The first-order valence-electron chi connectivity index (χ1n) is 8.61.